The first kappa shape index (κ1) is 15.4. The predicted molar refractivity (Wildman–Crippen MR) is 73.6 cm³/mol. The highest BCUT2D eigenvalue weighted by Gasteiger charge is 2.33. The molecule has 0 N–H and O–H groups in total. The zero-order valence-electron chi connectivity index (χ0n) is 11.5. The maximum atomic E-state index is 12.2. The van der Waals surface area contributed by atoms with Gasteiger partial charge in [0, 0.05) is 13.1 Å². The predicted octanol–water partition coefficient (Wildman–Crippen LogP) is 0.824. The number of carbonyl (C=O) groups is 2. The van der Waals surface area contributed by atoms with Gasteiger partial charge in [-0.2, -0.15) is 0 Å². The monoisotopic (exact) mass is 266 g/mol. The summed E-state index contributed by atoms with van der Waals surface area (Å²) >= 11 is 0. The van der Waals surface area contributed by atoms with Gasteiger partial charge >= 0.3 is 5.97 Å². The lowest BCUT2D eigenvalue weighted by atomic mass is 10.2. The summed E-state index contributed by atoms with van der Waals surface area (Å²) in [5.74, 6) is -0.278. The van der Waals surface area contributed by atoms with Crippen LogP contribution in [0, 0.1) is 0 Å². The molecule has 0 bridgehead atoms. The average Bonchev–Trinajstić information content (AvgIpc) is 2.85. The van der Waals surface area contributed by atoms with Crippen molar-refractivity contribution in [3.63, 3.8) is 0 Å². The van der Waals surface area contributed by atoms with Crippen molar-refractivity contribution in [2.45, 2.75) is 18.9 Å². The minimum absolute atomic E-state index is 0.0180. The van der Waals surface area contributed by atoms with Gasteiger partial charge in [0.15, 0.2) is 0 Å². The third-order valence-corrected chi connectivity index (χ3v) is 3.23. The first-order valence-corrected chi connectivity index (χ1v) is 6.45. The van der Waals surface area contributed by atoms with Crippen molar-refractivity contribution in [3.8, 4) is 0 Å². The van der Waals surface area contributed by atoms with E-state index >= 15 is 0 Å². The summed E-state index contributed by atoms with van der Waals surface area (Å²) in [7, 11) is 1.38. The Hall–Kier alpha value is -1.62. The van der Waals surface area contributed by atoms with Crippen molar-refractivity contribution in [3.05, 3.63) is 25.3 Å². The molecule has 5 nitrogen and oxygen atoms in total. The Balaban J connectivity index is 2.60. The summed E-state index contributed by atoms with van der Waals surface area (Å²) in [6, 6.07) is -0.289. The van der Waals surface area contributed by atoms with E-state index in [1.165, 1.54) is 7.11 Å². The van der Waals surface area contributed by atoms with Crippen LogP contribution in [0.5, 0.6) is 0 Å². The van der Waals surface area contributed by atoms with E-state index < -0.39 is 0 Å². The van der Waals surface area contributed by atoms with Crippen LogP contribution in [0.4, 0.5) is 0 Å². The molecule has 1 saturated heterocycles. The van der Waals surface area contributed by atoms with E-state index in [0.29, 0.717) is 13.1 Å². The SMILES string of the molecule is C=CCN(CC=C)C(=O)CN1CCCC1C(=O)OC. The normalized spacial score (nSPS) is 18.9. The molecule has 0 saturated carbocycles. The summed E-state index contributed by atoms with van der Waals surface area (Å²) in [5.41, 5.74) is 0. The van der Waals surface area contributed by atoms with Crippen molar-refractivity contribution in [2.24, 2.45) is 0 Å². The van der Waals surface area contributed by atoms with Crippen molar-refractivity contribution >= 4 is 11.9 Å². The van der Waals surface area contributed by atoms with Gasteiger partial charge in [-0.1, -0.05) is 12.2 Å². The van der Waals surface area contributed by atoms with Crippen LogP contribution in [-0.2, 0) is 14.3 Å². The number of ether oxygens (including phenoxy) is 1. The van der Waals surface area contributed by atoms with Crippen LogP contribution in [0.15, 0.2) is 25.3 Å². The number of carbonyl (C=O) groups excluding carboxylic acids is 2. The third-order valence-electron chi connectivity index (χ3n) is 3.23. The second kappa shape index (κ2) is 7.74. The molecule has 1 aliphatic heterocycles. The maximum Gasteiger partial charge on any atom is 0.323 e. The highest BCUT2D eigenvalue weighted by atomic mass is 16.5. The topological polar surface area (TPSA) is 49.9 Å². The molecule has 0 aromatic heterocycles. The van der Waals surface area contributed by atoms with E-state index in [9.17, 15) is 9.59 Å². The first-order valence-electron chi connectivity index (χ1n) is 6.45. The van der Waals surface area contributed by atoms with Gasteiger partial charge in [-0.05, 0) is 19.4 Å². The molecule has 19 heavy (non-hydrogen) atoms. The number of likely N-dealkylation sites (tertiary alicyclic amines) is 1. The maximum absolute atomic E-state index is 12.2. The summed E-state index contributed by atoms with van der Waals surface area (Å²) in [4.78, 5) is 27.3. The second-order valence-electron chi connectivity index (χ2n) is 4.53. The van der Waals surface area contributed by atoms with Crippen LogP contribution in [0.3, 0.4) is 0 Å². The highest BCUT2D eigenvalue weighted by molar-refractivity contribution is 5.81. The van der Waals surface area contributed by atoms with Gasteiger partial charge in [0.2, 0.25) is 5.91 Å². The smallest absolute Gasteiger partial charge is 0.323 e. The van der Waals surface area contributed by atoms with Gasteiger partial charge < -0.3 is 9.64 Å². The summed E-state index contributed by atoms with van der Waals surface area (Å²) in [6.45, 7) is 9.24. The molecular weight excluding hydrogens is 244 g/mol. The van der Waals surface area contributed by atoms with Crippen LogP contribution in [0.1, 0.15) is 12.8 Å². The molecule has 1 rings (SSSR count). The van der Waals surface area contributed by atoms with Gasteiger partial charge in [0.05, 0.1) is 13.7 Å². The Kier molecular flexibility index (Phi) is 6.29. The zero-order valence-corrected chi connectivity index (χ0v) is 11.5. The minimum atomic E-state index is -0.289. The van der Waals surface area contributed by atoms with Crippen LogP contribution in [-0.4, -0.2) is 61.0 Å². The number of amides is 1. The van der Waals surface area contributed by atoms with Gasteiger partial charge in [-0.15, -0.1) is 13.2 Å². The molecule has 1 atom stereocenters. The summed E-state index contributed by atoms with van der Waals surface area (Å²) in [5, 5.41) is 0. The molecule has 1 fully saturated rings. The van der Waals surface area contributed by atoms with Crippen LogP contribution >= 0.6 is 0 Å². The van der Waals surface area contributed by atoms with Gasteiger partial charge in [-0.25, -0.2) is 0 Å². The number of hydrogen-bond acceptors (Lipinski definition) is 4. The third kappa shape index (κ3) is 4.21. The molecule has 1 amide bonds. The van der Waals surface area contributed by atoms with E-state index in [1.54, 1.807) is 17.1 Å². The molecule has 0 aromatic rings. The summed E-state index contributed by atoms with van der Waals surface area (Å²) in [6.07, 6.45) is 5.03. The van der Waals surface area contributed by atoms with E-state index in [0.717, 1.165) is 19.4 Å². The molecule has 0 aromatic carbocycles. The molecule has 1 heterocycles. The van der Waals surface area contributed by atoms with Crippen LogP contribution in [0.25, 0.3) is 0 Å². The fraction of sp³-hybridized carbons (Fsp3) is 0.571. The standard InChI is InChI=1S/C14H22N2O3/c1-4-8-15(9-5-2)13(17)11-16-10-6-7-12(16)14(18)19-3/h4-5,12H,1-2,6-11H2,3H3. The first-order chi connectivity index (χ1) is 9.13. The van der Waals surface area contributed by atoms with E-state index in [2.05, 4.69) is 13.2 Å². The van der Waals surface area contributed by atoms with Crippen LogP contribution < -0.4 is 0 Å². The Bertz CT molecular complexity index is 345. The van der Waals surface area contributed by atoms with Gasteiger partial charge in [-0.3, -0.25) is 14.5 Å². The van der Waals surface area contributed by atoms with Crippen LogP contribution in [0.2, 0.25) is 0 Å². The molecule has 106 valence electrons. The Morgan fingerprint density at radius 3 is 2.53 bits per heavy atom. The molecule has 0 aliphatic carbocycles. The Morgan fingerprint density at radius 1 is 1.37 bits per heavy atom. The quantitative estimate of drug-likeness (QED) is 0.506. The number of nitrogens with zero attached hydrogens (tertiary/aromatic N) is 2. The average molecular weight is 266 g/mol. The molecule has 0 spiro atoms. The zero-order chi connectivity index (χ0) is 14.3. The fourth-order valence-electron chi connectivity index (χ4n) is 2.28. The molecule has 0 radical (unpaired) electrons. The second-order valence-corrected chi connectivity index (χ2v) is 4.53. The molecule has 1 aliphatic rings. The summed E-state index contributed by atoms with van der Waals surface area (Å²) < 4.78 is 4.76. The van der Waals surface area contributed by atoms with E-state index in [-0.39, 0.29) is 24.5 Å². The van der Waals surface area contributed by atoms with Gasteiger partial charge in [0.25, 0.3) is 0 Å². The number of esters is 1. The van der Waals surface area contributed by atoms with E-state index in [4.69, 9.17) is 4.74 Å². The number of hydrogen-bond donors (Lipinski definition) is 0. The Morgan fingerprint density at radius 2 is 2.00 bits per heavy atom. The van der Waals surface area contributed by atoms with Crippen molar-refractivity contribution < 1.29 is 14.3 Å². The lowest BCUT2D eigenvalue weighted by Gasteiger charge is -2.26. The molecular formula is C14H22N2O3. The fourth-order valence-corrected chi connectivity index (χ4v) is 2.28. The molecule has 5 heteroatoms. The van der Waals surface area contributed by atoms with Crippen molar-refractivity contribution in [1.29, 1.82) is 0 Å². The molecule has 1 unspecified atom stereocenters. The lowest BCUT2D eigenvalue weighted by Crippen LogP contribution is -2.45. The van der Waals surface area contributed by atoms with Crippen molar-refractivity contribution in [2.75, 3.05) is 33.3 Å². The van der Waals surface area contributed by atoms with E-state index in [1.807, 2.05) is 4.90 Å². The number of rotatable bonds is 7. The Labute approximate surface area is 114 Å². The highest BCUT2D eigenvalue weighted by Crippen LogP contribution is 2.18. The minimum Gasteiger partial charge on any atom is -0.468 e. The lowest BCUT2D eigenvalue weighted by molar-refractivity contribution is -0.146. The van der Waals surface area contributed by atoms with Crippen molar-refractivity contribution in [1.82, 2.24) is 9.80 Å². The van der Waals surface area contributed by atoms with Gasteiger partial charge in [0.1, 0.15) is 6.04 Å². The largest absolute Gasteiger partial charge is 0.468 e. The number of methoxy groups -OCH3 is 1.